The van der Waals surface area contributed by atoms with Gasteiger partial charge in [-0.15, -0.1) is 6.58 Å². The van der Waals surface area contributed by atoms with E-state index in [1.807, 2.05) is 32.9 Å². The summed E-state index contributed by atoms with van der Waals surface area (Å²) in [5.74, 6) is 0.374. The Bertz CT molecular complexity index is 1580. The Morgan fingerprint density at radius 1 is 1.00 bits per heavy atom. The summed E-state index contributed by atoms with van der Waals surface area (Å²) in [5.41, 5.74) is 2.35. The van der Waals surface area contributed by atoms with Crippen LogP contribution in [0.25, 0.3) is 16.7 Å². The normalized spacial score (nSPS) is 14.7. The molecule has 10 heteroatoms. The fourth-order valence-electron chi connectivity index (χ4n) is 4.71. The third kappa shape index (κ3) is 4.87. The van der Waals surface area contributed by atoms with Crippen LogP contribution in [0.3, 0.4) is 0 Å². The number of piperazine rings is 1. The van der Waals surface area contributed by atoms with Gasteiger partial charge in [0.1, 0.15) is 5.39 Å². The van der Waals surface area contributed by atoms with E-state index in [1.165, 1.54) is 11.8 Å². The molecule has 38 heavy (non-hydrogen) atoms. The summed E-state index contributed by atoms with van der Waals surface area (Å²) < 4.78 is 4.93. The Balaban J connectivity index is 1.52. The lowest BCUT2D eigenvalue weighted by molar-refractivity contribution is 0.313. The van der Waals surface area contributed by atoms with Gasteiger partial charge in [-0.1, -0.05) is 6.08 Å². The molecule has 3 aromatic heterocycles. The van der Waals surface area contributed by atoms with Crippen molar-refractivity contribution in [2.75, 3.05) is 43.4 Å². The number of nitrogens with zero attached hydrogens (tertiary/aromatic N) is 7. The van der Waals surface area contributed by atoms with Crippen molar-refractivity contribution in [3.8, 4) is 5.69 Å². The van der Waals surface area contributed by atoms with Gasteiger partial charge in [0.25, 0.3) is 11.1 Å². The number of rotatable bonds is 6. The molecule has 0 atom stereocenters. The molecule has 4 heterocycles. The Labute approximate surface area is 221 Å². The van der Waals surface area contributed by atoms with Crippen molar-refractivity contribution in [2.45, 2.75) is 32.9 Å². The second-order valence-electron chi connectivity index (χ2n) is 10.6. The maximum atomic E-state index is 13.3. The highest BCUT2D eigenvalue weighted by atomic mass is 16.1. The number of pyridine rings is 1. The quantitative estimate of drug-likeness (QED) is 0.395. The summed E-state index contributed by atoms with van der Waals surface area (Å²) in [6.07, 6.45) is 4.96. The zero-order valence-electron chi connectivity index (χ0n) is 22.4. The summed E-state index contributed by atoms with van der Waals surface area (Å²) in [6.45, 7) is 14.1. The average Bonchev–Trinajstić information content (AvgIpc) is 3.16. The number of nitrogens with one attached hydrogen (secondary N) is 1. The summed E-state index contributed by atoms with van der Waals surface area (Å²) in [5, 5.41) is 3.65. The molecule has 1 saturated heterocycles. The first-order valence-electron chi connectivity index (χ1n) is 12.8. The van der Waals surface area contributed by atoms with E-state index >= 15 is 0 Å². The van der Waals surface area contributed by atoms with Gasteiger partial charge < -0.3 is 19.7 Å². The van der Waals surface area contributed by atoms with Gasteiger partial charge in [0.15, 0.2) is 5.65 Å². The summed E-state index contributed by atoms with van der Waals surface area (Å²) >= 11 is 0. The molecule has 5 rings (SSSR count). The smallest absolute Gasteiger partial charge is 0.278 e. The van der Waals surface area contributed by atoms with Gasteiger partial charge in [-0.05, 0) is 58.2 Å². The summed E-state index contributed by atoms with van der Waals surface area (Å²) in [7, 11) is 2.15. The van der Waals surface area contributed by atoms with Crippen LogP contribution in [-0.4, -0.2) is 62.0 Å². The van der Waals surface area contributed by atoms with Gasteiger partial charge in [0, 0.05) is 61.6 Å². The molecule has 0 saturated carbocycles. The van der Waals surface area contributed by atoms with Crippen molar-refractivity contribution < 1.29 is 0 Å². The van der Waals surface area contributed by atoms with Crippen LogP contribution in [-0.2, 0) is 12.1 Å². The van der Waals surface area contributed by atoms with Gasteiger partial charge in [-0.3, -0.25) is 9.59 Å². The number of hydrogen-bond donors (Lipinski definition) is 1. The molecule has 4 aromatic rings. The van der Waals surface area contributed by atoms with E-state index in [1.54, 1.807) is 38.5 Å². The minimum absolute atomic E-state index is 0.118. The average molecular weight is 515 g/mol. The van der Waals surface area contributed by atoms with E-state index in [4.69, 9.17) is 4.98 Å². The lowest BCUT2D eigenvalue weighted by atomic mass is 10.1. The Hall–Kier alpha value is -4.18. The van der Waals surface area contributed by atoms with Crippen LogP contribution in [0.4, 0.5) is 17.3 Å². The first-order chi connectivity index (χ1) is 18.2. The first kappa shape index (κ1) is 25.5. The topological polar surface area (TPSA) is 93.2 Å². The van der Waals surface area contributed by atoms with Crippen molar-refractivity contribution in [1.82, 2.24) is 28.8 Å². The third-order valence-electron chi connectivity index (χ3n) is 6.83. The van der Waals surface area contributed by atoms with Crippen LogP contribution in [0.2, 0.25) is 0 Å². The molecule has 0 aliphatic carbocycles. The molecular weight excluding hydrogens is 480 g/mol. The highest BCUT2D eigenvalue weighted by Crippen LogP contribution is 2.23. The standard InChI is InChI=1S/C28H34N8O2/c1-6-13-35-26(38)23-18-29-27(30-20-7-9-21(10-8-20)33-16-14-32(5)15-17-33)31-25(23)36(35)22-11-12-24(37)34(19-22)28(2,3)4/h6-12,18-19H,1,13-17H2,2-5H3,(H,29,30,31). The molecule has 1 fully saturated rings. The number of allylic oxidation sites excluding steroid dienone is 1. The molecule has 0 radical (unpaired) electrons. The largest absolute Gasteiger partial charge is 0.369 e. The molecule has 1 aliphatic rings. The fraction of sp³-hybridized carbons (Fsp3) is 0.357. The van der Waals surface area contributed by atoms with E-state index in [9.17, 15) is 9.59 Å². The molecule has 1 N–H and O–H groups in total. The molecule has 1 aliphatic heterocycles. The molecule has 0 unspecified atom stereocenters. The van der Waals surface area contributed by atoms with Crippen LogP contribution in [0, 0.1) is 0 Å². The molecule has 10 nitrogen and oxygen atoms in total. The first-order valence-corrected chi connectivity index (χ1v) is 12.8. The van der Waals surface area contributed by atoms with Gasteiger partial charge in [0.2, 0.25) is 5.95 Å². The van der Waals surface area contributed by atoms with Crippen molar-refractivity contribution in [3.63, 3.8) is 0 Å². The molecule has 198 valence electrons. The maximum Gasteiger partial charge on any atom is 0.278 e. The van der Waals surface area contributed by atoms with Crippen molar-refractivity contribution in [3.05, 3.63) is 82.2 Å². The van der Waals surface area contributed by atoms with E-state index in [0.29, 0.717) is 22.7 Å². The zero-order valence-corrected chi connectivity index (χ0v) is 22.4. The van der Waals surface area contributed by atoms with Crippen LogP contribution in [0.5, 0.6) is 0 Å². The van der Waals surface area contributed by atoms with Crippen molar-refractivity contribution in [2.24, 2.45) is 0 Å². The SMILES string of the molecule is C=CCn1c(=O)c2cnc(Nc3ccc(N4CCN(C)CC4)cc3)nc2n1-c1ccc(=O)n(C(C)(C)C)c1. The minimum atomic E-state index is -0.433. The van der Waals surface area contributed by atoms with Gasteiger partial charge in [-0.2, -0.15) is 4.98 Å². The van der Waals surface area contributed by atoms with Gasteiger partial charge in [0.05, 0.1) is 12.2 Å². The minimum Gasteiger partial charge on any atom is -0.369 e. The van der Waals surface area contributed by atoms with E-state index in [0.717, 1.165) is 31.9 Å². The number of aromatic nitrogens is 5. The van der Waals surface area contributed by atoms with Gasteiger partial charge in [-0.25, -0.2) is 14.3 Å². The highest BCUT2D eigenvalue weighted by molar-refractivity contribution is 5.77. The number of likely N-dealkylation sites (N-methyl/N-ethyl adjacent to an activating group) is 1. The molecule has 0 bridgehead atoms. The molecule has 0 amide bonds. The van der Waals surface area contributed by atoms with Crippen molar-refractivity contribution >= 4 is 28.4 Å². The lowest BCUT2D eigenvalue weighted by Crippen LogP contribution is -2.44. The monoisotopic (exact) mass is 514 g/mol. The third-order valence-corrected chi connectivity index (χ3v) is 6.83. The van der Waals surface area contributed by atoms with Crippen LogP contribution >= 0.6 is 0 Å². The van der Waals surface area contributed by atoms with Crippen LogP contribution in [0.1, 0.15) is 20.8 Å². The Morgan fingerprint density at radius 2 is 1.68 bits per heavy atom. The fourth-order valence-corrected chi connectivity index (χ4v) is 4.71. The summed E-state index contributed by atoms with van der Waals surface area (Å²) in [6, 6.07) is 11.4. The maximum absolute atomic E-state index is 13.3. The van der Waals surface area contributed by atoms with E-state index in [2.05, 4.69) is 45.9 Å². The molecule has 0 spiro atoms. The van der Waals surface area contributed by atoms with Crippen LogP contribution in [0.15, 0.2) is 71.0 Å². The number of fused-ring (bicyclic) bond motifs is 1. The lowest BCUT2D eigenvalue weighted by Gasteiger charge is -2.34. The predicted molar refractivity (Wildman–Crippen MR) is 152 cm³/mol. The van der Waals surface area contributed by atoms with Gasteiger partial charge >= 0.3 is 0 Å². The Morgan fingerprint density at radius 3 is 2.34 bits per heavy atom. The van der Waals surface area contributed by atoms with Crippen molar-refractivity contribution in [1.29, 1.82) is 0 Å². The van der Waals surface area contributed by atoms with E-state index < -0.39 is 5.54 Å². The molecule has 1 aromatic carbocycles. The number of hydrogen-bond acceptors (Lipinski definition) is 7. The number of benzene rings is 1. The second-order valence-corrected chi connectivity index (χ2v) is 10.6. The molecular formula is C28H34N8O2. The van der Waals surface area contributed by atoms with Crippen LogP contribution < -0.4 is 21.3 Å². The highest BCUT2D eigenvalue weighted by Gasteiger charge is 2.20. The zero-order chi connectivity index (χ0) is 27.0. The second kappa shape index (κ2) is 9.94. The number of anilines is 3. The Kier molecular flexibility index (Phi) is 6.66. The summed E-state index contributed by atoms with van der Waals surface area (Å²) in [4.78, 5) is 39.7. The van der Waals surface area contributed by atoms with E-state index in [-0.39, 0.29) is 17.7 Å². The predicted octanol–water partition coefficient (Wildman–Crippen LogP) is 3.18.